The van der Waals surface area contributed by atoms with Crippen LogP contribution in [0.2, 0.25) is 4.47 Å². The van der Waals surface area contributed by atoms with E-state index in [1.165, 1.54) is 10.2 Å². The van der Waals surface area contributed by atoms with Crippen LogP contribution in [0.1, 0.15) is 6.92 Å². The van der Waals surface area contributed by atoms with Gasteiger partial charge >= 0.3 is 58.9 Å². The third kappa shape index (κ3) is 2.08. The van der Waals surface area contributed by atoms with Crippen molar-refractivity contribution in [3.8, 4) is 0 Å². The van der Waals surface area contributed by atoms with E-state index in [-0.39, 0.29) is 0 Å². The van der Waals surface area contributed by atoms with Crippen molar-refractivity contribution in [1.82, 2.24) is 0 Å². The Labute approximate surface area is 58.8 Å². The normalized spacial score (nSPS) is 21.6. The summed E-state index contributed by atoms with van der Waals surface area (Å²) in [4.78, 5) is 0. The molecule has 2 heteroatoms. The summed E-state index contributed by atoms with van der Waals surface area (Å²) in [6.45, 7) is 2.26. The molecule has 1 aliphatic heterocycles. The minimum atomic E-state index is 0.341. The third-order valence-electron chi connectivity index (χ3n) is 0.780. The molecule has 1 rings (SSSR count). The van der Waals surface area contributed by atoms with Crippen molar-refractivity contribution in [2.45, 2.75) is 11.4 Å². The number of hydrogen-bond donors (Lipinski definition) is 0. The fourth-order valence-electron chi connectivity index (χ4n) is 0.461. The van der Waals surface area contributed by atoms with Crippen molar-refractivity contribution in [3.63, 3.8) is 0 Å². The van der Waals surface area contributed by atoms with E-state index in [2.05, 4.69) is 12.3 Å². The molecule has 0 radical (unpaired) electrons. The molecule has 0 N–H and O–H groups in total. The second-order valence-corrected chi connectivity index (χ2v) is 6.25. The molecule has 1 heterocycles. The molecule has 1 aliphatic rings. The Balaban J connectivity index is 2.40. The summed E-state index contributed by atoms with van der Waals surface area (Å²) in [5.41, 5.74) is 0. The van der Waals surface area contributed by atoms with Gasteiger partial charge in [0, 0.05) is 0 Å². The van der Waals surface area contributed by atoms with Crippen LogP contribution in [0, 0.1) is 0 Å². The average molecular weight is 228 g/mol. The van der Waals surface area contributed by atoms with E-state index in [9.17, 15) is 0 Å². The standard InChI is InChI=1S/C5H8STe/c1-5-4-6-2-3-7-5/h4H,2-3H2,1H3. The molecule has 0 saturated carbocycles. The summed E-state index contributed by atoms with van der Waals surface area (Å²) in [6, 6.07) is 0. The molecule has 0 aromatic rings. The molecule has 0 aliphatic carbocycles. The van der Waals surface area contributed by atoms with Crippen molar-refractivity contribution in [3.05, 3.63) is 9.03 Å². The van der Waals surface area contributed by atoms with Crippen molar-refractivity contribution in [2.75, 3.05) is 5.75 Å². The topological polar surface area (TPSA) is 0 Å². The van der Waals surface area contributed by atoms with E-state index in [0.717, 1.165) is 0 Å². The second kappa shape index (κ2) is 3.02. The fraction of sp³-hybridized carbons (Fsp3) is 0.600. The minimum absolute atomic E-state index is 0.341. The average Bonchev–Trinajstić information content (AvgIpc) is 1.69. The van der Waals surface area contributed by atoms with Crippen molar-refractivity contribution < 1.29 is 0 Å². The van der Waals surface area contributed by atoms with E-state index in [4.69, 9.17) is 0 Å². The van der Waals surface area contributed by atoms with Crippen molar-refractivity contribution >= 4 is 32.7 Å². The van der Waals surface area contributed by atoms with Gasteiger partial charge in [0.15, 0.2) is 0 Å². The predicted molar refractivity (Wildman–Crippen MR) is 36.8 cm³/mol. The third-order valence-corrected chi connectivity index (χ3v) is 5.81. The van der Waals surface area contributed by atoms with Gasteiger partial charge in [-0.1, -0.05) is 0 Å². The number of hydrogen-bond acceptors (Lipinski definition) is 1. The van der Waals surface area contributed by atoms with Gasteiger partial charge in [-0.3, -0.25) is 0 Å². The molecular weight excluding hydrogens is 220 g/mol. The zero-order valence-electron chi connectivity index (χ0n) is 4.31. The zero-order valence-corrected chi connectivity index (χ0v) is 7.45. The van der Waals surface area contributed by atoms with Crippen molar-refractivity contribution in [1.29, 1.82) is 0 Å². The van der Waals surface area contributed by atoms with E-state index in [0.29, 0.717) is 20.9 Å². The van der Waals surface area contributed by atoms with Crippen LogP contribution >= 0.6 is 11.8 Å². The first kappa shape index (κ1) is 6.01. The number of allylic oxidation sites excluding steroid dienone is 1. The van der Waals surface area contributed by atoms with Crippen LogP contribution in [0.15, 0.2) is 9.03 Å². The van der Waals surface area contributed by atoms with E-state index < -0.39 is 0 Å². The van der Waals surface area contributed by atoms with E-state index in [1.54, 1.807) is 3.62 Å². The molecule has 0 aromatic carbocycles. The Bertz CT molecular complexity index is 88.1. The summed E-state index contributed by atoms with van der Waals surface area (Å²) in [7, 11) is 0. The number of rotatable bonds is 0. The van der Waals surface area contributed by atoms with Gasteiger partial charge in [-0.05, 0) is 0 Å². The van der Waals surface area contributed by atoms with Crippen LogP contribution in [-0.4, -0.2) is 26.7 Å². The van der Waals surface area contributed by atoms with Gasteiger partial charge in [0.1, 0.15) is 0 Å². The molecule has 0 fully saturated rings. The first-order valence-corrected chi connectivity index (χ1v) is 6.17. The predicted octanol–water partition coefficient (Wildman–Crippen LogP) is 1.72. The zero-order chi connectivity index (χ0) is 5.11. The SMILES string of the molecule is CC1=CSCC[Te]1. The van der Waals surface area contributed by atoms with Crippen LogP contribution in [0.25, 0.3) is 0 Å². The molecule has 0 atom stereocenters. The molecule has 0 aromatic heterocycles. The Morgan fingerprint density at radius 2 is 2.71 bits per heavy atom. The Hall–Kier alpha value is 0.880. The van der Waals surface area contributed by atoms with Crippen LogP contribution in [0.5, 0.6) is 0 Å². The Morgan fingerprint density at radius 3 is 3.00 bits per heavy atom. The first-order chi connectivity index (χ1) is 3.39. The summed E-state index contributed by atoms with van der Waals surface area (Å²) in [6.07, 6.45) is 0. The van der Waals surface area contributed by atoms with Gasteiger partial charge in [0.05, 0.1) is 0 Å². The molecule has 0 saturated heterocycles. The van der Waals surface area contributed by atoms with E-state index >= 15 is 0 Å². The molecule has 0 bridgehead atoms. The molecule has 0 nitrogen and oxygen atoms in total. The van der Waals surface area contributed by atoms with Gasteiger partial charge in [0.2, 0.25) is 0 Å². The maximum absolute atomic E-state index is 2.33. The van der Waals surface area contributed by atoms with Gasteiger partial charge < -0.3 is 0 Å². The van der Waals surface area contributed by atoms with Gasteiger partial charge in [-0.15, -0.1) is 0 Å². The quantitative estimate of drug-likeness (QED) is 0.568. The van der Waals surface area contributed by atoms with Crippen LogP contribution in [0.4, 0.5) is 0 Å². The first-order valence-electron chi connectivity index (χ1n) is 2.31. The van der Waals surface area contributed by atoms with Crippen LogP contribution in [-0.2, 0) is 0 Å². The molecule has 40 valence electrons. The summed E-state index contributed by atoms with van der Waals surface area (Å²) in [5.74, 6) is 1.39. The Morgan fingerprint density at radius 1 is 1.86 bits per heavy atom. The second-order valence-electron chi connectivity index (χ2n) is 1.45. The summed E-state index contributed by atoms with van der Waals surface area (Å²) >= 11 is 2.31. The molecular formula is C5H8STe. The monoisotopic (exact) mass is 230 g/mol. The molecule has 7 heavy (non-hydrogen) atoms. The fourth-order valence-corrected chi connectivity index (χ4v) is 4.68. The maximum atomic E-state index is 2.33. The van der Waals surface area contributed by atoms with Gasteiger partial charge in [-0.25, -0.2) is 0 Å². The summed E-state index contributed by atoms with van der Waals surface area (Å²) < 4.78 is 3.19. The van der Waals surface area contributed by atoms with Crippen molar-refractivity contribution in [2.24, 2.45) is 0 Å². The van der Waals surface area contributed by atoms with E-state index in [1.807, 2.05) is 11.8 Å². The molecule has 0 amide bonds. The van der Waals surface area contributed by atoms with Crippen LogP contribution in [0.3, 0.4) is 0 Å². The molecule has 0 spiro atoms. The number of thioether (sulfide) groups is 1. The van der Waals surface area contributed by atoms with Crippen LogP contribution < -0.4 is 0 Å². The van der Waals surface area contributed by atoms with Gasteiger partial charge in [-0.2, -0.15) is 0 Å². The summed E-state index contributed by atoms with van der Waals surface area (Å²) in [5, 5.41) is 2.33. The Kier molecular flexibility index (Phi) is 2.59. The molecule has 0 unspecified atom stereocenters. The van der Waals surface area contributed by atoms with Gasteiger partial charge in [0.25, 0.3) is 0 Å².